The molecule has 0 fully saturated rings. The fraction of sp³-hybridized carbons (Fsp3) is 0.333. The van der Waals surface area contributed by atoms with E-state index in [0.717, 1.165) is 22.1 Å². The van der Waals surface area contributed by atoms with Crippen LogP contribution in [-0.4, -0.2) is 11.8 Å². The molecule has 0 heterocycles. The van der Waals surface area contributed by atoms with Crippen molar-refractivity contribution in [3.05, 3.63) is 64.2 Å². The largest absolute Gasteiger partial charge is 0.327 e. The molecule has 1 nitrogen and oxygen atoms in total. The maximum atomic E-state index is 6.28. The summed E-state index contributed by atoms with van der Waals surface area (Å²) in [6.07, 6.45) is 4.70. The normalized spacial score (nSPS) is 15.0. The summed E-state index contributed by atoms with van der Waals surface area (Å²) in [5, 5.41) is 0.812. The minimum Gasteiger partial charge on any atom is -0.327 e. The van der Waals surface area contributed by atoms with Crippen molar-refractivity contribution >= 4 is 23.4 Å². The summed E-state index contributed by atoms with van der Waals surface area (Å²) in [5.41, 5.74) is 10.7. The molecule has 0 amide bonds. The van der Waals surface area contributed by atoms with Gasteiger partial charge in [0.15, 0.2) is 0 Å². The van der Waals surface area contributed by atoms with E-state index in [1.807, 2.05) is 18.2 Å². The van der Waals surface area contributed by atoms with Crippen molar-refractivity contribution in [1.82, 2.24) is 0 Å². The summed E-state index contributed by atoms with van der Waals surface area (Å²) in [6, 6.07) is 15.0. The van der Waals surface area contributed by atoms with Crippen molar-refractivity contribution in [3.8, 4) is 0 Å². The van der Waals surface area contributed by atoms with Crippen LogP contribution in [0, 0.1) is 0 Å². The molecule has 2 aromatic carbocycles. The van der Waals surface area contributed by atoms with Gasteiger partial charge < -0.3 is 5.73 Å². The van der Waals surface area contributed by atoms with Crippen LogP contribution in [0.15, 0.2) is 47.4 Å². The molecule has 110 valence electrons. The lowest BCUT2D eigenvalue weighted by Gasteiger charge is -2.13. The average Bonchev–Trinajstić information content (AvgIpc) is 2.94. The fourth-order valence-electron chi connectivity index (χ4n) is 2.87. The first-order valence-corrected chi connectivity index (χ1v) is 8.82. The van der Waals surface area contributed by atoms with Crippen molar-refractivity contribution in [2.24, 2.45) is 5.73 Å². The van der Waals surface area contributed by atoms with Crippen LogP contribution in [0.4, 0.5) is 0 Å². The number of thioether (sulfide) groups is 1. The Morgan fingerprint density at radius 1 is 1.10 bits per heavy atom. The van der Waals surface area contributed by atoms with Crippen LogP contribution in [0.25, 0.3) is 0 Å². The number of fused-ring (bicyclic) bond motifs is 1. The van der Waals surface area contributed by atoms with Crippen LogP contribution in [0.1, 0.15) is 23.1 Å². The standard InChI is InChI=1S/C18H20ClNS/c19-17-6-1-2-7-18(17)21-12-16(20)11-13-8-9-14-4-3-5-15(14)10-13/h1-2,6-10,16H,3-5,11-12,20H2. The van der Waals surface area contributed by atoms with Gasteiger partial charge in [-0.1, -0.05) is 41.9 Å². The highest BCUT2D eigenvalue weighted by molar-refractivity contribution is 7.99. The molecule has 0 saturated heterocycles. The van der Waals surface area contributed by atoms with E-state index in [4.69, 9.17) is 17.3 Å². The van der Waals surface area contributed by atoms with Crippen molar-refractivity contribution in [3.63, 3.8) is 0 Å². The first kappa shape index (κ1) is 15.0. The van der Waals surface area contributed by atoms with E-state index in [2.05, 4.69) is 24.3 Å². The number of aryl methyl sites for hydroxylation is 2. The molecule has 0 aromatic heterocycles. The molecule has 3 rings (SSSR count). The van der Waals surface area contributed by atoms with Gasteiger partial charge in [-0.05, 0) is 54.5 Å². The van der Waals surface area contributed by atoms with E-state index in [0.29, 0.717) is 0 Å². The molecule has 1 aliphatic rings. The zero-order valence-electron chi connectivity index (χ0n) is 12.0. The van der Waals surface area contributed by atoms with Crippen molar-refractivity contribution < 1.29 is 0 Å². The summed E-state index contributed by atoms with van der Waals surface area (Å²) in [4.78, 5) is 1.11. The highest BCUT2D eigenvalue weighted by atomic mass is 35.5. The summed E-state index contributed by atoms with van der Waals surface area (Å²) in [6.45, 7) is 0. The molecular weight excluding hydrogens is 298 g/mol. The van der Waals surface area contributed by atoms with E-state index in [1.54, 1.807) is 11.8 Å². The third-order valence-electron chi connectivity index (χ3n) is 3.95. The van der Waals surface area contributed by atoms with Crippen molar-refractivity contribution in [2.75, 3.05) is 5.75 Å². The zero-order chi connectivity index (χ0) is 14.7. The maximum Gasteiger partial charge on any atom is 0.0541 e. The van der Waals surface area contributed by atoms with Gasteiger partial charge in [0.25, 0.3) is 0 Å². The highest BCUT2D eigenvalue weighted by Gasteiger charge is 2.12. The fourth-order valence-corrected chi connectivity index (χ4v) is 4.06. The Morgan fingerprint density at radius 2 is 1.90 bits per heavy atom. The summed E-state index contributed by atoms with van der Waals surface area (Å²) >= 11 is 7.91. The summed E-state index contributed by atoms with van der Waals surface area (Å²) < 4.78 is 0. The highest BCUT2D eigenvalue weighted by Crippen LogP contribution is 2.28. The Balaban J connectivity index is 1.57. The number of halogens is 1. The lowest BCUT2D eigenvalue weighted by molar-refractivity contribution is 0.748. The molecule has 1 aliphatic carbocycles. The molecule has 0 spiro atoms. The molecule has 21 heavy (non-hydrogen) atoms. The number of nitrogens with two attached hydrogens (primary N) is 1. The van der Waals surface area contributed by atoms with Crippen LogP contribution in [-0.2, 0) is 19.3 Å². The molecule has 1 atom stereocenters. The van der Waals surface area contributed by atoms with Gasteiger partial charge in [-0.15, -0.1) is 11.8 Å². The lowest BCUT2D eigenvalue weighted by Crippen LogP contribution is -2.25. The molecule has 0 aliphatic heterocycles. The molecule has 0 bridgehead atoms. The lowest BCUT2D eigenvalue weighted by atomic mass is 10.0. The van der Waals surface area contributed by atoms with Gasteiger partial charge in [-0.25, -0.2) is 0 Å². The minimum absolute atomic E-state index is 0.158. The van der Waals surface area contributed by atoms with Gasteiger partial charge >= 0.3 is 0 Å². The topological polar surface area (TPSA) is 26.0 Å². The first-order valence-electron chi connectivity index (χ1n) is 7.46. The first-order chi connectivity index (χ1) is 10.2. The van der Waals surface area contributed by atoms with Gasteiger partial charge in [0, 0.05) is 16.7 Å². The molecule has 2 aromatic rings. The van der Waals surface area contributed by atoms with Gasteiger partial charge in [-0.2, -0.15) is 0 Å². The van der Waals surface area contributed by atoms with Gasteiger partial charge in [-0.3, -0.25) is 0 Å². The second kappa shape index (κ2) is 6.87. The van der Waals surface area contributed by atoms with Gasteiger partial charge in [0.1, 0.15) is 0 Å². The van der Waals surface area contributed by atoms with Crippen LogP contribution in [0.5, 0.6) is 0 Å². The Bertz CT molecular complexity index is 626. The van der Waals surface area contributed by atoms with E-state index in [1.165, 1.54) is 36.0 Å². The zero-order valence-corrected chi connectivity index (χ0v) is 13.6. The molecule has 1 unspecified atom stereocenters. The van der Waals surface area contributed by atoms with Crippen LogP contribution in [0.2, 0.25) is 5.02 Å². The second-order valence-electron chi connectivity index (χ2n) is 5.66. The molecule has 0 saturated carbocycles. The Morgan fingerprint density at radius 3 is 2.76 bits per heavy atom. The monoisotopic (exact) mass is 317 g/mol. The quantitative estimate of drug-likeness (QED) is 0.822. The number of benzene rings is 2. The predicted molar refractivity (Wildman–Crippen MR) is 92.3 cm³/mol. The van der Waals surface area contributed by atoms with Crippen LogP contribution < -0.4 is 5.73 Å². The van der Waals surface area contributed by atoms with Crippen LogP contribution in [0.3, 0.4) is 0 Å². The minimum atomic E-state index is 0.158. The Kier molecular flexibility index (Phi) is 4.89. The number of hydrogen-bond acceptors (Lipinski definition) is 2. The third kappa shape index (κ3) is 3.82. The maximum absolute atomic E-state index is 6.28. The van der Waals surface area contributed by atoms with E-state index in [-0.39, 0.29) is 6.04 Å². The number of rotatable bonds is 5. The van der Waals surface area contributed by atoms with Crippen molar-refractivity contribution in [2.45, 2.75) is 36.6 Å². The van der Waals surface area contributed by atoms with E-state index < -0.39 is 0 Å². The second-order valence-corrected chi connectivity index (χ2v) is 7.13. The Labute approximate surface area is 135 Å². The third-order valence-corrected chi connectivity index (χ3v) is 5.65. The smallest absolute Gasteiger partial charge is 0.0541 e. The molecule has 3 heteroatoms. The van der Waals surface area contributed by atoms with E-state index in [9.17, 15) is 0 Å². The molecular formula is C18H20ClNS. The summed E-state index contributed by atoms with van der Waals surface area (Å²) in [5.74, 6) is 0.890. The predicted octanol–water partition coefficient (Wildman–Crippen LogP) is 4.49. The van der Waals surface area contributed by atoms with Crippen LogP contribution >= 0.6 is 23.4 Å². The SMILES string of the molecule is NC(CSc1ccccc1Cl)Cc1ccc2c(c1)CCC2. The van der Waals surface area contributed by atoms with Gasteiger partial charge in [0.2, 0.25) is 0 Å². The Hall–Kier alpha value is -0.960. The summed E-state index contributed by atoms with van der Waals surface area (Å²) in [7, 11) is 0. The average molecular weight is 318 g/mol. The van der Waals surface area contributed by atoms with E-state index >= 15 is 0 Å². The molecule has 0 radical (unpaired) electrons. The number of hydrogen-bond donors (Lipinski definition) is 1. The van der Waals surface area contributed by atoms with Gasteiger partial charge in [0.05, 0.1) is 5.02 Å². The molecule has 2 N–H and O–H groups in total. The van der Waals surface area contributed by atoms with Crippen molar-refractivity contribution in [1.29, 1.82) is 0 Å².